The predicted molar refractivity (Wildman–Crippen MR) is 149 cm³/mol. The lowest BCUT2D eigenvalue weighted by molar-refractivity contribution is -0.144. The topological polar surface area (TPSA) is 101 Å². The third-order valence-corrected chi connectivity index (χ3v) is 9.30. The van der Waals surface area contributed by atoms with E-state index >= 15 is 0 Å². The largest absolute Gasteiger partial charge is 0.465 e. The van der Waals surface area contributed by atoms with E-state index in [-0.39, 0.29) is 30.8 Å². The first-order chi connectivity index (χ1) is 18.9. The van der Waals surface area contributed by atoms with E-state index in [4.69, 9.17) is 25.2 Å². The molecule has 2 aliphatic rings. The van der Waals surface area contributed by atoms with E-state index in [0.717, 1.165) is 38.5 Å². The third kappa shape index (κ3) is 12.3. The molecular weight excluding hydrogens is 503 g/mol. The SMILES string of the molecule is [2H]OCCC(CCOCCCCC(=O)OCC1[C@H]2CCC#CCC[C@@H]12)OP(OCCC#N)N(C(C)C)C(C)C. The molecule has 38 heavy (non-hydrogen) atoms. The number of fused-ring (bicyclic) bond motifs is 1. The van der Waals surface area contributed by atoms with Crippen molar-refractivity contribution in [1.29, 1.82) is 6.69 Å². The molecule has 0 spiro atoms. The van der Waals surface area contributed by atoms with Crippen LogP contribution in [0.5, 0.6) is 0 Å². The van der Waals surface area contributed by atoms with Gasteiger partial charge in [0.2, 0.25) is 1.43 Å². The van der Waals surface area contributed by atoms with Gasteiger partial charge in [0.1, 0.15) is 0 Å². The molecule has 5 atom stereocenters. The number of nitriles is 1. The fourth-order valence-corrected chi connectivity index (χ4v) is 6.91. The zero-order chi connectivity index (χ0) is 28.5. The Hall–Kier alpha value is -1.25. The highest BCUT2D eigenvalue weighted by molar-refractivity contribution is 7.44. The van der Waals surface area contributed by atoms with Crippen LogP contribution in [-0.4, -0.2) is 68.4 Å². The van der Waals surface area contributed by atoms with Crippen molar-refractivity contribution in [2.45, 2.75) is 110 Å². The van der Waals surface area contributed by atoms with Crippen LogP contribution in [0.2, 0.25) is 0 Å². The van der Waals surface area contributed by atoms with Gasteiger partial charge < -0.3 is 23.6 Å². The van der Waals surface area contributed by atoms with Crippen molar-refractivity contribution in [2.75, 3.05) is 33.0 Å². The summed E-state index contributed by atoms with van der Waals surface area (Å²) in [5.74, 6) is 8.24. The van der Waals surface area contributed by atoms with Gasteiger partial charge in [0.25, 0.3) is 8.53 Å². The molecule has 3 unspecified atom stereocenters. The zero-order valence-electron chi connectivity index (χ0n) is 24.9. The first-order valence-electron chi connectivity index (χ1n) is 14.8. The fourth-order valence-electron chi connectivity index (χ4n) is 5.14. The minimum atomic E-state index is -1.37. The van der Waals surface area contributed by atoms with Crippen LogP contribution in [0.25, 0.3) is 0 Å². The van der Waals surface area contributed by atoms with E-state index < -0.39 is 8.53 Å². The Morgan fingerprint density at radius 2 is 1.82 bits per heavy atom. The number of ether oxygens (including phenoxy) is 2. The lowest BCUT2D eigenvalue weighted by Crippen LogP contribution is -2.35. The minimum Gasteiger partial charge on any atom is -0.465 e. The van der Waals surface area contributed by atoms with Crippen molar-refractivity contribution < 1.29 is 28.4 Å². The van der Waals surface area contributed by atoms with Gasteiger partial charge in [0, 0.05) is 51.2 Å². The summed E-state index contributed by atoms with van der Waals surface area (Å²) in [6, 6.07) is 2.54. The van der Waals surface area contributed by atoms with Gasteiger partial charge in [-0.3, -0.25) is 4.79 Å². The number of rotatable bonds is 21. The van der Waals surface area contributed by atoms with Crippen LogP contribution < -0.4 is 0 Å². The molecule has 0 aliphatic heterocycles. The van der Waals surface area contributed by atoms with Crippen molar-refractivity contribution >= 4 is 14.5 Å². The summed E-state index contributed by atoms with van der Waals surface area (Å²) in [7, 11) is -1.37. The quantitative estimate of drug-likeness (QED) is 0.0850. The molecule has 2 rings (SSSR count). The second kappa shape index (κ2) is 18.9. The van der Waals surface area contributed by atoms with E-state index in [1.54, 1.807) is 0 Å². The Kier molecular flexibility index (Phi) is 15.6. The van der Waals surface area contributed by atoms with Crippen LogP contribution in [0.15, 0.2) is 0 Å². The Morgan fingerprint density at radius 1 is 1.11 bits per heavy atom. The highest BCUT2D eigenvalue weighted by atomic mass is 31.2. The molecule has 0 saturated heterocycles. The van der Waals surface area contributed by atoms with E-state index in [1.807, 2.05) is 0 Å². The average Bonchev–Trinajstić information content (AvgIpc) is 3.53. The third-order valence-electron chi connectivity index (χ3n) is 7.12. The van der Waals surface area contributed by atoms with E-state index in [1.165, 1.54) is 0 Å². The molecule has 1 N–H and O–H groups in total. The monoisotopic (exact) mass is 553 g/mol. The van der Waals surface area contributed by atoms with E-state index in [2.05, 4.69) is 55.4 Å². The molecule has 0 radical (unpaired) electrons. The maximum atomic E-state index is 12.2. The molecule has 0 bridgehead atoms. The number of unbranched alkanes of at least 4 members (excludes halogenated alkanes) is 1. The molecule has 1 fully saturated rings. The van der Waals surface area contributed by atoms with Gasteiger partial charge in [-0.1, -0.05) is 0 Å². The number of hydrogen-bond acceptors (Lipinski definition) is 8. The van der Waals surface area contributed by atoms with Gasteiger partial charge in [-0.05, 0) is 84.0 Å². The second-order valence-electron chi connectivity index (χ2n) is 10.7. The van der Waals surface area contributed by atoms with Crippen molar-refractivity contribution in [3.8, 4) is 17.9 Å². The Labute approximate surface area is 233 Å². The van der Waals surface area contributed by atoms with Crippen molar-refractivity contribution in [1.82, 2.24) is 4.67 Å². The lowest BCUT2D eigenvalue weighted by atomic mass is 10.1. The van der Waals surface area contributed by atoms with Crippen LogP contribution in [0, 0.1) is 40.9 Å². The van der Waals surface area contributed by atoms with Gasteiger partial charge in [-0.2, -0.15) is 5.26 Å². The summed E-state index contributed by atoms with van der Waals surface area (Å²) in [4.78, 5) is 12.2. The van der Waals surface area contributed by atoms with Gasteiger partial charge >= 0.3 is 5.97 Å². The van der Waals surface area contributed by atoms with E-state index in [0.29, 0.717) is 69.9 Å². The average molecular weight is 554 g/mol. The summed E-state index contributed by atoms with van der Waals surface area (Å²) in [5.41, 5.74) is 0. The predicted octanol–water partition coefficient (Wildman–Crippen LogP) is 5.59. The first-order valence-corrected chi connectivity index (χ1v) is 15.5. The first kappa shape index (κ1) is 31.3. The van der Waals surface area contributed by atoms with Gasteiger partial charge in [-0.25, -0.2) is 4.67 Å². The Balaban J connectivity index is 1.64. The van der Waals surface area contributed by atoms with Crippen LogP contribution in [0.1, 0.15) is 91.9 Å². The van der Waals surface area contributed by atoms with Crippen molar-refractivity contribution in [2.24, 2.45) is 17.8 Å². The van der Waals surface area contributed by atoms with Crippen LogP contribution in [0.3, 0.4) is 0 Å². The molecular formula is C29H49N2O6P. The molecule has 0 aromatic rings. The summed E-state index contributed by atoms with van der Waals surface area (Å²) in [5, 5.41) is 13.5. The van der Waals surface area contributed by atoms with Gasteiger partial charge in [0.05, 0.1) is 31.8 Å². The molecule has 8 nitrogen and oxygen atoms in total. The Morgan fingerprint density at radius 3 is 2.45 bits per heavy atom. The van der Waals surface area contributed by atoms with Gasteiger partial charge in [-0.15, -0.1) is 11.8 Å². The summed E-state index contributed by atoms with van der Waals surface area (Å²) in [6.07, 6.45) is 7.50. The number of hydrogen-bond donors (Lipinski definition) is 1. The standard InChI is InChI=1S/C29H49N2O6P/c1-23(2)31(24(3)4)38(36-20-11-17-30)37-25(15-18-32)16-21-34-19-10-9-14-29(33)35-22-28-26-12-7-5-6-8-13-27(26)28/h23-28,32H,7-16,18-22H2,1-4H3/t25?,26-,27+,28?,38?/i32D. The molecule has 0 aromatic carbocycles. The van der Waals surface area contributed by atoms with Crippen LogP contribution in [-0.2, 0) is 23.3 Å². The van der Waals surface area contributed by atoms with Crippen molar-refractivity contribution in [3.63, 3.8) is 0 Å². The molecule has 0 aromatic heterocycles. The second-order valence-corrected chi connectivity index (χ2v) is 12.1. The Bertz CT molecular complexity index is 773. The number of esters is 1. The lowest BCUT2D eigenvalue weighted by Gasteiger charge is -2.37. The number of aliphatic hydroxyl groups is 1. The molecule has 0 heterocycles. The minimum absolute atomic E-state index is 0.112. The molecule has 9 heteroatoms. The maximum Gasteiger partial charge on any atom is 0.305 e. The smallest absolute Gasteiger partial charge is 0.305 e. The molecule has 2 aliphatic carbocycles. The molecule has 216 valence electrons. The highest BCUT2D eigenvalue weighted by Gasteiger charge is 2.49. The van der Waals surface area contributed by atoms with Crippen molar-refractivity contribution in [3.05, 3.63) is 0 Å². The number of nitrogens with zero attached hydrogens (tertiary/aromatic N) is 2. The van der Waals surface area contributed by atoms with Crippen LogP contribution >= 0.6 is 8.53 Å². The normalized spacial score (nSPS) is 22.5. The number of carbonyl (C=O) groups excluding carboxylic acids is 1. The van der Waals surface area contributed by atoms with Crippen LogP contribution in [0.4, 0.5) is 0 Å². The van der Waals surface area contributed by atoms with Gasteiger partial charge in [0.15, 0.2) is 0 Å². The number of carbonyl (C=O) groups is 1. The summed E-state index contributed by atoms with van der Waals surface area (Å²) >= 11 is 0. The fraction of sp³-hybridized carbons (Fsp3) is 0.862. The molecule has 0 amide bonds. The summed E-state index contributed by atoms with van der Waals surface area (Å²) in [6.45, 7) is 10.6. The molecule has 1 saturated carbocycles. The zero-order valence-corrected chi connectivity index (χ0v) is 24.8. The highest BCUT2D eigenvalue weighted by Crippen LogP contribution is 2.52. The van der Waals surface area contributed by atoms with E-state index in [9.17, 15) is 4.79 Å². The number of aliphatic hydroxyl groups excluding tert-OH is 1. The maximum absolute atomic E-state index is 12.2. The summed E-state index contributed by atoms with van der Waals surface area (Å²) < 4.78 is 33.1.